The van der Waals surface area contributed by atoms with Crippen LogP contribution in [0.15, 0.2) is 53.7 Å². The summed E-state index contributed by atoms with van der Waals surface area (Å²) in [6.45, 7) is -3.18. The predicted molar refractivity (Wildman–Crippen MR) is 96.1 cm³/mol. The highest BCUT2D eigenvalue weighted by molar-refractivity contribution is 7.89. The molecule has 2 N–H and O–H groups in total. The second-order valence-corrected chi connectivity index (χ2v) is 7.07. The summed E-state index contributed by atoms with van der Waals surface area (Å²) in [5.74, 6) is -1.20. The van der Waals surface area contributed by atoms with Crippen molar-refractivity contribution in [1.82, 2.24) is 19.9 Å². The summed E-state index contributed by atoms with van der Waals surface area (Å²) >= 11 is 0. The lowest BCUT2D eigenvalue weighted by molar-refractivity contribution is -0.0501. The average Bonchev–Trinajstić information content (AvgIpc) is 3.18. The lowest BCUT2D eigenvalue weighted by Gasteiger charge is -2.10. The second-order valence-electron chi connectivity index (χ2n) is 5.47. The Kier molecular flexibility index (Phi) is 5.73. The number of carbonyl (C=O) groups excluding carboxylic acids is 1. The molecule has 9 nitrogen and oxygen atoms in total. The Balaban J connectivity index is 1.86. The molecule has 1 amide bonds. The Morgan fingerprint density at radius 2 is 1.76 bits per heavy atom. The van der Waals surface area contributed by atoms with E-state index in [1.54, 1.807) is 29.0 Å². The van der Waals surface area contributed by atoms with Crippen LogP contribution in [0.2, 0.25) is 0 Å². The molecule has 3 aromatic rings. The van der Waals surface area contributed by atoms with E-state index in [0.29, 0.717) is 11.3 Å². The number of sulfonamides is 1. The van der Waals surface area contributed by atoms with Crippen LogP contribution in [0, 0.1) is 0 Å². The van der Waals surface area contributed by atoms with E-state index in [-0.39, 0.29) is 11.4 Å². The van der Waals surface area contributed by atoms with Crippen molar-refractivity contribution >= 4 is 15.9 Å². The monoisotopic (exact) mass is 424 g/mol. The molecule has 1 aromatic heterocycles. The number of hydrogen-bond donors (Lipinski definition) is 2. The lowest BCUT2D eigenvalue weighted by Crippen LogP contribution is -2.31. The number of hydrogen-bond acceptors (Lipinski definition) is 7. The number of rotatable bonds is 7. The van der Waals surface area contributed by atoms with Crippen molar-refractivity contribution in [2.45, 2.75) is 11.8 Å². The van der Waals surface area contributed by atoms with Gasteiger partial charge in [0.2, 0.25) is 0 Å². The molecular formula is C17H14F2N4O5S. The molecule has 0 aliphatic heterocycles. The van der Waals surface area contributed by atoms with E-state index >= 15 is 0 Å². The van der Waals surface area contributed by atoms with Crippen LogP contribution in [-0.4, -0.2) is 43.2 Å². The van der Waals surface area contributed by atoms with Gasteiger partial charge in [0, 0.05) is 0 Å². The van der Waals surface area contributed by atoms with Gasteiger partial charge in [0.25, 0.3) is 21.1 Å². The number of nitrogens with one attached hydrogen (secondary N) is 2. The van der Waals surface area contributed by atoms with Crippen LogP contribution < -0.4 is 14.2 Å². The standard InChI is InChI=1S/C17H14F2N4O5S/c1-27-12-8-4-2-6-10(12)14-20-17(22-21-14)29(25,26)23-15(24)11-7-3-5-9-13(11)28-16(18)19/h2-9,16H,1H3,(H,23,24)(H,20,21,22). The summed E-state index contributed by atoms with van der Waals surface area (Å²) in [5, 5.41) is 5.42. The Hall–Kier alpha value is -3.54. The number of aromatic amines is 1. The molecule has 1 heterocycles. The van der Waals surface area contributed by atoms with Crippen LogP contribution in [0.1, 0.15) is 10.4 Å². The topological polar surface area (TPSA) is 123 Å². The Morgan fingerprint density at radius 1 is 1.10 bits per heavy atom. The zero-order valence-electron chi connectivity index (χ0n) is 14.8. The Morgan fingerprint density at radius 3 is 2.45 bits per heavy atom. The SMILES string of the molecule is COc1ccccc1-c1n[nH]c(S(=O)(=O)NC(=O)c2ccccc2OC(F)F)n1. The van der Waals surface area contributed by atoms with Gasteiger partial charge in [-0.1, -0.05) is 24.3 Å². The van der Waals surface area contributed by atoms with Gasteiger partial charge < -0.3 is 9.47 Å². The summed E-state index contributed by atoms with van der Waals surface area (Å²) < 4.78 is 61.0. The molecule has 0 bridgehead atoms. The molecule has 12 heteroatoms. The van der Waals surface area contributed by atoms with Crippen LogP contribution in [0.25, 0.3) is 11.4 Å². The maximum Gasteiger partial charge on any atom is 0.387 e. The maximum atomic E-state index is 12.5. The Bertz CT molecular complexity index is 1130. The summed E-state index contributed by atoms with van der Waals surface area (Å²) in [6.07, 6.45) is 0. The van der Waals surface area contributed by atoms with Crippen LogP contribution in [0.3, 0.4) is 0 Å². The van der Waals surface area contributed by atoms with Crippen molar-refractivity contribution in [3.63, 3.8) is 0 Å². The van der Waals surface area contributed by atoms with Gasteiger partial charge in [0.15, 0.2) is 5.82 Å². The highest BCUT2D eigenvalue weighted by atomic mass is 32.2. The van der Waals surface area contributed by atoms with Crippen molar-refractivity contribution < 1.29 is 31.5 Å². The molecule has 0 unspecified atom stereocenters. The number of alkyl halides is 2. The van der Waals surface area contributed by atoms with E-state index in [1.165, 1.54) is 19.2 Å². The smallest absolute Gasteiger partial charge is 0.387 e. The molecule has 2 aromatic carbocycles. The molecule has 152 valence electrons. The zero-order chi connectivity index (χ0) is 21.0. The van der Waals surface area contributed by atoms with Gasteiger partial charge in [-0.3, -0.25) is 4.79 Å². The van der Waals surface area contributed by atoms with E-state index in [9.17, 15) is 22.0 Å². The maximum absolute atomic E-state index is 12.5. The molecule has 0 saturated carbocycles. The zero-order valence-corrected chi connectivity index (χ0v) is 15.6. The van der Waals surface area contributed by atoms with Crippen LogP contribution in [-0.2, 0) is 10.0 Å². The minimum absolute atomic E-state index is 0.0247. The van der Waals surface area contributed by atoms with Crippen LogP contribution in [0.5, 0.6) is 11.5 Å². The molecule has 0 spiro atoms. The number of aromatic nitrogens is 3. The molecule has 0 aliphatic carbocycles. The van der Waals surface area contributed by atoms with Gasteiger partial charge >= 0.3 is 6.61 Å². The third-order valence-corrected chi connectivity index (χ3v) is 4.79. The normalized spacial score (nSPS) is 11.3. The van der Waals surface area contributed by atoms with Crippen LogP contribution >= 0.6 is 0 Å². The molecule has 3 rings (SSSR count). The largest absolute Gasteiger partial charge is 0.496 e. The summed E-state index contributed by atoms with van der Waals surface area (Å²) in [6, 6.07) is 11.6. The third kappa shape index (κ3) is 4.48. The van der Waals surface area contributed by atoms with E-state index in [2.05, 4.69) is 19.9 Å². The molecule has 0 fully saturated rings. The van der Waals surface area contributed by atoms with E-state index in [4.69, 9.17) is 4.74 Å². The summed E-state index contributed by atoms with van der Waals surface area (Å²) in [7, 11) is -3.04. The van der Waals surface area contributed by atoms with Gasteiger partial charge in [-0.2, -0.15) is 27.3 Å². The van der Waals surface area contributed by atoms with Crippen molar-refractivity contribution in [1.29, 1.82) is 0 Å². The molecule has 0 saturated heterocycles. The molecule has 0 radical (unpaired) electrons. The molecule has 0 atom stereocenters. The fourth-order valence-corrected chi connectivity index (χ4v) is 3.22. The molecular weight excluding hydrogens is 410 g/mol. The van der Waals surface area contributed by atoms with Crippen LogP contribution in [0.4, 0.5) is 8.78 Å². The Labute approximate surface area is 163 Å². The number of nitrogens with zero attached hydrogens (tertiary/aromatic N) is 2. The minimum atomic E-state index is -4.47. The van der Waals surface area contributed by atoms with E-state index < -0.39 is 33.4 Å². The number of ether oxygens (including phenoxy) is 2. The first-order valence-electron chi connectivity index (χ1n) is 7.98. The number of H-pyrrole nitrogens is 1. The average molecular weight is 424 g/mol. The fraction of sp³-hybridized carbons (Fsp3) is 0.118. The first-order valence-corrected chi connectivity index (χ1v) is 9.47. The number of benzene rings is 2. The first kappa shape index (κ1) is 20.2. The quantitative estimate of drug-likeness (QED) is 0.596. The van der Waals surface area contributed by atoms with Gasteiger partial charge in [-0.05, 0) is 24.3 Å². The number of methoxy groups -OCH3 is 1. The second kappa shape index (κ2) is 8.22. The highest BCUT2D eigenvalue weighted by Gasteiger charge is 2.26. The molecule has 0 aliphatic rings. The summed E-state index contributed by atoms with van der Waals surface area (Å²) in [5.41, 5.74) is 0.0375. The first-order chi connectivity index (χ1) is 13.8. The number of halogens is 2. The highest BCUT2D eigenvalue weighted by Crippen LogP contribution is 2.27. The number of para-hydroxylation sites is 2. The van der Waals surface area contributed by atoms with E-state index in [1.807, 2.05) is 0 Å². The van der Waals surface area contributed by atoms with Gasteiger partial charge in [-0.15, -0.1) is 0 Å². The lowest BCUT2D eigenvalue weighted by atomic mass is 10.2. The van der Waals surface area contributed by atoms with Crippen molar-refractivity contribution in [3.05, 3.63) is 54.1 Å². The third-order valence-electron chi connectivity index (χ3n) is 3.64. The molecule has 29 heavy (non-hydrogen) atoms. The van der Waals surface area contributed by atoms with E-state index in [0.717, 1.165) is 12.1 Å². The summed E-state index contributed by atoms with van der Waals surface area (Å²) in [4.78, 5) is 16.2. The minimum Gasteiger partial charge on any atom is -0.496 e. The number of carbonyl (C=O) groups is 1. The van der Waals surface area contributed by atoms with Crippen molar-refractivity contribution in [2.75, 3.05) is 7.11 Å². The number of amides is 1. The van der Waals surface area contributed by atoms with Crippen molar-refractivity contribution in [3.8, 4) is 22.9 Å². The van der Waals surface area contributed by atoms with Gasteiger partial charge in [-0.25, -0.2) is 9.82 Å². The van der Waals surface area contributed by atoms with Crippen molar-refractivity contribution in [2.24, 2.45) is 0 Å². The van der Waals surface area contributed by atoms with Gasteiger partial charge in [0.1, 0.15) is 11.5 Å². The fourth-order valence-electron chi connectivity index (χ4n) is 2.40. The predicted octanol–water partition coefficient (Wildman–Crippen LogP) is 2.20. The van der Waals surface area contributed by atoms with Gasteiger partial charge in [0.05, 0.1) is 18.2 Å².